The summed E-state index contributed by atoms with van der Waals surface area (Å²) in [5, 5.41) is 6.78. The number of hydrogen-bond acceptors (Lipinski definition) is 14. The number of nitrogens with one attached hydrogen (secondary N) is 2. The number of ketones is 5. The maximum atomic E-state index is 13.5. The molecule has 16 nitrogen and oxygen atoms in total. The molecular weight excluding hydrogens is 841 g/mol. The number of rotatable bonds is 21. The SMILES string of the molecule is CCC(=O)C(C)CCC(C)=O.CCC(=O)c1cccc(OCC(=O)NCCCCN2CCN(c3ccc(Nc4ncc5c(C)c(C(C)=O)c(=O)n(C6CCCC6)c5n4)nc3)CC2)c1C(C)=O. The van der Waals surface area contributed by atoms with Crippen molar-refractivity contribution < 1.29 is 33.5 Å². The van der Waals surface area contributed by atoms with Gasteiger partial charge in [0, 0.05) is 81.1 Å². The molecule has 1 aliphatic heterocycles. The van der Waals surface area contributed by atoms with Crippen LogP contribution in [0.1, 0.15) is 148 Å². The van der Waals surface area contributed by atoms with E-state index in [0.29, 0.717) is 59.7 Å². The van der Waals surface area contributed by atoms with E-state index in [0.717, 1.165) is 76.9 Å². The zero-order valence-electron chi connectivity index (χ0n) is 39.7. The second kappa shape index (κ2) is 24.4. The Hall–Kier alpha value is -6.16. The molecule has 0 radical (unpaired) electrons. The van der Waals surface area contributed by atoms with Crippen LogP contribution in [0.25, 0.3) is 11.0 Å². The van der Waals surface area contributed by atoms with E-state index in [-0.39, 0.29) is 82.2 Å². The Balaban J connectivity index is 0.000000658. The highest BCUT2D eigenvalue weighted by molar-refractivity contribution is 6.09. The molecule has 1 aromatic carbocycles. The summed E-state index contributed by atoms with van der Waals surface area (Å²) in [7, 11) is 0. The Bertz CT molecular complexity index is 2440. The number of Topliss-reactive ketones (excluding diaryl/α,β-unsaturated/α-hetero) is 5. The number of carbonyl (C=O) groups is 6. The minimum Gasteiger partial charge on any atom is -0.483 e. The molecule has 0 bridgehead atoms. The third kappa shape index (κ3) is 13.5. The topological polar surface area (TPSA) is 203 Å². The lowest BCUT2D eigenvalue weighted by Crippen LogP contribution is -2.46. The van der Waals surface area contributed by atoms with Crippen molar-refractivity contribution in [1.29, 1.82) is 0 Å². The van der Waals surface area contributed by atoms with Crippen LogP contribution in [0.2, 0.25) is 0 Å². The summed E-state index contributed by atoms with van der Waals surface area (Å²) in [6.45, 7) is 16.4. The Kier molecular flexibility index (Phi) is 18.8. The van der Waals surface area contributed by atoms with Crippen molar-refractivity contribution in [2.75, 3.05) is 56.1 Å². The van der Waals surface area contributed by atoms with Crippen LogP contribution in [0.15, 0.2) is 47.5 Å². The number of ether oxygens (including phenoxy) is 1. The monoisotopic (exact) mass is 907 g/mol. The lowest BCUT2D eigenvalue weighted by atomic mass is 9.98. The van der Waals surface area contributed by atoms with Gasteiger partial charge in [-0.15, -0.1) is 0 Å². The van der Waals surface area contributed by atoms with Crippen LogP contribution >= 0.6 is 0 Å². The molecule has 0 spiro atoms. The summed E-state index contributed by atoms with van der Waals surface area (Å²) in [5.41, 5.74) is 2.64. The van der Waals surface area contributed by atoms with Crippen LogP contribution in [-0.2, 0) is 14.4 Å². The average molecular weight is 907 g/mol. The Morgan fingerprint density at radius 3 is 2.20 bits per heavy atom. The smallest absolute Gasteiger partial charge is 0.263 e. The maximum absolute atomic E-state index is 13.5. The number of pyridine rings is 2. The average Bonchev–Trinajstić information content (AvgIpc) is 3.84. The number of unbranched alkanes of at least 4 members (excludes halogenated alkanes) is 1. The number of amides is 1. The lowest BCUT2D eigenvalue weighted by Gasteiger charge is -2.36. The van der Waals surface area contributed by atoms with Gasteiger partial charge < -0.3 is 25.1 Å². The molecule has 6 rings (SSSR count). The van der Waals surface area contributed by atoms with Crippen molar-refractivity contribution in [1.82, 2.24) is 29.7 Å². The summed E-state index contributed by atoms with van der Waals surface area (Å²) in [4.78, 5) is 103. The van der Waals surface area contributed by atoms with Gasteiger partial charge in [0.1, 0.15) is 28.8 Å². The van der Waals surface area contributed by atoms with Gasteiger partial charge in [-0.25, -0.2) is 9.97 Å². The molecule has 1 saturated carbocycles. The molecule has 354 valence electrons. The molecule has 1 aliphatic carbocycles. The minimum atomic E-state index is -0.278. The van der Waals surface area contributed by atoms with E-state index in [9.17, 15) is 33.6 Å². The standard InChI is InChI=1S/C41H50N8O6.C9H16O2/c1-5-33(52)31-13-10-14-34(38(31)28(4)51)55-25-36(53)42-17-8-9-18-47-19-21-48(22-20-47)30-15-16-35(43-23-30)45-41-44-24-32-26(2)37(27(3)50)40(54)49(39(32)46-41)29-11-6-7-12-29;1-4-9(11)7(2)5-6-8(3)10/h10,13-16,23-24,29H,5-9,11-12,17-22,25H2,1-4H3,(H,42,53)(H,43,44,45,46);7H,4-6H2,1-3H3. The van der Waals surface area contributed by atoms with Gasteiger partial charge in [-0.2, -0.15) is 4.98 Å². The van der Waals surface area contributed by atoms with Gasteiger partial charge in [-0.3, -0.25) is 38.2 Å². The zero-order valence-corrected chi connectivity index (χ0v) is 39.7. The molecule has 66 heavy (non-hydrogen) atoms. The molecule has 2 N–H and O–H groups in total. The van der Waals surface area contributed by atoms with Gasteiger partial charge >= 0.3 is 0 Å². The van der Waals surface area contributed by atoms with Crippen LogP contribution in [0.4, 0.5) is 17.5 Å². The summed E-state index contributed by atoms with van der Waals surface area (Å²) in [5.74, 6) is 0.705. The van der Waals surface area contributed by atoms with E-state index in [4.69, 9.17) is 9.72 Å². The number of anilines is 3. The molecule has 1 atom stereocenters. The second-order valence-corrected chi connectivity index (χ2v) is 17.3. The van der Waals surface area contributed by atoms with Crippen LogP contribution in [0.5, 0.6) is 5.75 Å². The molecule has 2 fully saturated rings. The Morgan fingerprint density at radius 2 is 1.58 bits per heavy atom. The van der Waals surface area contributed by atoms with Gasteiger partial charge in [-0.05, 0) is 90.1 Å². The molecule has 4 aromatic rings. The second-order valence-electron chi connectivity index (χ2n) is 17.3. The predicted octanol–water partition coefficient (Wildman–Crippen LogP) is 7.42. The quantitative estimate of drug-likeness (QED) is 0.0618. The number of aryl methyl sites for hydroxylation is 1. The number of carbonyl (C=O) groups excluding carboxylic acids is 6. The van der Waals surface area contributed by atoms with Crippen molar-refractivity contribution in [2.45, 2.75) is 119 Å². The maximum Gasteiger partial charge on any atom is 0.263 e. The van der Waals surface area contributed by atoms with Crippen molar-refractivity contribution in [3.05, 3.63) is 75.3 Å². The van der Waals surface area contributed by atoms with E-state index >= 15 is 0 Å². The number of fused-ring (bicyclic) bond motifs is 1. The van der Waals surface area contributed by atoms with Crippen molar-refractivity contribution in [3.63, 3.8) is 0 Å². The van der Waals surface area contributed by atoms with Gasteiger partial charge in [0.25, 0.3) is 11.5 Å². The number of piperazine rings is 1. The van der Waals surface area contributed by atoms with E-state index in [1.54, 1.807) is 49.7 Å². The highest BCUT2D eigenvalue weighted by atomic mass is 16.5. The molecular formula is C50H66N8O8. The van der Waals surface area contributed by atoms with Crippen molar-refractivity contribution >= 4 is 63.3 Å². The fourth-order valence-corrected chi connectivity index (χ4v) is 8.55. The predicted molar refractivity (Wildman–Crippen MR) is 255 cm³/mol. The molecule has 1 amide bonds. The Labute approximate surface area is 387 Å². The van der Waals surface area contributed by atoms with E-state index in [2.05, 4.69) is 30.4 Å². The van der Waals surface area contributed by atoms with Gasteiger partial charge in [-0.1, -0.05) is 45.7 Å². The van der Waals surface area contributed by atoms with E-state index < -0.39 is 0 Å². The molecule has 16 heteroatoms. The normalized spacial score (nSPS) is 14.6. The molecule has 4 heterocycles. The van der Waals surface area contributed by atoms with Crippen LogP contribution < -0.4 is 25.8 Å². The molecule has 1 saturated heterocycles. The fraction of sp³-hybridized carbons (Fsp3) is 0.520. The minimum absolute atomic E-state index is 0.00770. The first-order chi connectivity index (χ1) is 31.6. The number of benzene rings is 1. The first-order valence-electron chi connectivity index (χ1n) is 23.3. The zero-order chi connectivity index (χ0) is 47.9. The highest BCUT2D eigenvalue weighted by Crippen LogP contribution is 2.32. The lowest BCUT2D eigenvalue weighted by molar-refractivity contribution is -0.123. The third-order valence-corrected chi connectivity index (χ3v) is 12.4. The first kappa shape index (κ1) is 50.8. The largest absolute Gasteiger partial charge is 0.483 e. The number of nitrogens with zero attached hydrogens (tertiary/aromatic N) is 6. The van der Waals surface area contributed by atoms with E-state index in [1.165, 1.54) is 13.8 Å². The molecule has 1 unspecified atom stereocenters. The van der Waals surface area contributed by atoms with Crippen LogP contribution in [0.3, 0.4) is 0 Å². The van der Waals surface area contributed by atoms with Gasteiger partial charge in [0.2, 0.25) is 5.95 Å². The molecule has 2 aliphatic rings. The molecule has 3 aromatic heterocycles. The summed E-state index contributed by atoms with van der Waals surface area (Å²) in [6, 6.07) is 8.80. The van der Waals surface area contributed by atoms with Gasteiger partial charge in [0.05, 0.1) is 23.0 Å². The number of aromatic nitrogens is 4. The summed E-state index contributed by atoms with van der Waals surface area (Å²) in [6.07, 6.45) is 11.2. The van der Waals surface area contributed by atoms with Crippen molar-refractivity contribution in [3.8, 4) is 5.75 Å². The third-order valence-electron chi connectivity index (χ3n) is 12.4. The van der Waals surface area contributed by atoms with Gasteiger partial charge in [0.15, 0.2) is 24.0 Å². The summed E-state index contributed by atoms with van der Waals surface area (Å²) >= 11 is 0. The van der Waals surface area contributed by atoms with Crippen molar-refractivity contribution in [2.24, 2.45) is 5.92 Å². The number of hydrogen-bond donors (Lipinski definition) is 2. The fourth-order valence-electron chi connectivity index (χ4n) is 8.55. The first-order valence-corrected chi connectivity index (χ1v) is 23.3. The highest BCUT2D eigenvalue weighted by Gasteiger charge is 2.26. The van der Waals surface area contributed by atoms with E-state index in [1.807, 2.05) is 32.2 Å². The van der Waals surface area contributed by atoms with Crippen LogP contribution in [0, 0.1) is 12.8 Å². The van der Waals surface area contributed by atoms with Crippen LogP contribution in [-0.4, -0.2) is 105 Å². The summed E-state index contributed by atoms with van der Waals surface area (Å²) < 4.78 is 7.35. The Morgan fingerprint density at radius 1 is 0.864 bits per heavy atom.